The second-order valence-electron chi connectivity index (χ2n) is 4.74. The van der Waals surface area contributed by atoms with Gasteiger partial charge in [-0.2, -0.15) is 0 Å². The van der Waals surface area contributed by atoms with Crippen LogP contribution >= 0.6 is 0 Å². The van der Waals surface area contributed by atoms with Crippen LogP contribution in [0, 0.1) is 18.6 Å². The summed E-state index contributed by atoms with van der Waals surface area (Å²) in [6.45, 7) is 2.64. The van der Waals surface area contributed by atoms with Crippen molar-refractivity contribution in [3.05, 3.63) is 52.3 Å². The highest BCUT2D eigenvalue weighted by atomic mass is 19.2. The number of ketones is 1. The quantitative estimate of drug-likeness (QED) is 0.844. The third kappa shape index (κ3) is 3.10. The Morgan fingerprint density at radius 3 is 2.30 bits per heavy atom. The number of furan rings is 1. The molecule has 0 aliphatic heterocycles. The second-order valence-corrected chi connectivity index (χ2v) is 4.74. The van der Waals surface area contributed by atoms with Crippen molar-refractivity contribution in [3.8, 4) is 0 Å². The van der Waals surface area contributed by atoms with Gasteiger partial charge in [-0.25, -0.2) is 8.78 Å². The number of aryl methyl sites for hydroxylation is 1. The lowest BCUT2D eigenvalue weighted by molar-refractivity contribution is 0.0974. The molecule has 0 radical (unpaired) electrons. The molecule has 2 aromatic rings. The van der Waals surface area contributed by atoms with E-state index in [1.807, 2.05) is 0 Å². The Morgan fingerprint density at radius 1 is 1.13 bits per heavy atom. The highest BCUT2D eigenvalue weighted by Crippen LogP contribution is 2.27. The Kier molecular flexibility index (Phi) is 4.26. The maximum Gasteiger partial charge on any atom is 0.258 e. The molecular weight excluding hydrogens is 310 g/mol. The molecule has 23 heavy (non-hydrogen) atoms. The van der Waals surface area contributed by atoms with Gasteiger partial charge >= 0.3 is 0 Å². The molecule has 1 aromatic carbocycles. The number of benzene rings is 1. The van der Waals surface area contributed by atoms with E-state index in [1.54, 1.807) is 0 Å². The summed E-state index contributed by atoms with van der Waals surface area (Å²) in [4.78, 5) is 35.1. The molecule has 1 heterocycles. The molecule has 0 fully saturated rings. The highest BCUT2D eigenvalue weighted by Gasteiger charge is 2.26. The summed E-state index contributed by atoms with van der Waals surface area (Å²) in [5.74, 6) is -4.81. The molecule has 1 aromatic heterocycles. The van der Waals surface area contributed by atoms with Gasteiger partial charge < -0.3 is 10.2 Å². The highest BCUT2D eigenvalue weighted by molar-refractivity contribution is 6.13. The topological polar surface area (TPSA) is 102 Å². The first kappa shape index (κ1) is 16.3. The minimum Gasteiger partial charge on any atom is -0.444 e. The first-order valence-electron chi connectivity index (χ1n) is 6.43. The minimum atomic E-state index is -1.20. The summed E-state index contributed by atoms with van der Waals surface area (Å²) >= 11 is 0. The van der Waals surface area contributed by atoms with E-state index in [0.29, 0.717) is 6.07 Å². The lowest BCUT2D eigenvalue weighted by Crippen LogP contribution is -2.19. The summed E-state index contributed by atoms with van der Waals surface area (Å²) in [7, 11) is 0. The van der Waals surface area contributed by atoms with Crippen LogP contribution in [0.25, 0.3) is 0 Å². The van der Waals surface area contributed by atoms with Gasteiger partial charge in [-0.15, -0.1) is 0 Å². The zero-order chi connectivity index (χ0) is 17.3. The fourth-order valence-corrected chi connectivity index (χ4v) is 2.10. The van der Waals surface area contributed by atoms with Gasteiger partial charge in [-0.05, 0) is 32.0 Å². The van der Waals surface area contributed by atoms with Crippen molar-refractivity contribution in [2.45, 2.75) is 13.8 Å². The van der Waals surface area contributed by atoms with Crippen molar-refractivity contribution < 1.29 is 27.6 Å². The number of primary amides is 1. The van der Waals surface area contributed by atoms with E-state index in [4.69, 9.17) is 10.2 Å². The van der Waals surface area contributed by atoms with Crippen LogP contribution in [-0.4, -0.2) is 17.6 Å². The molecule has 0 saturated carbocycles. The van der Waals surface area contributed by atoms with Crippen LogP contribution in [0.5, 0.6) is 0 Å². The third-order valence-electron chi connectivity index (χ3n) is 3.09. The number of nitrogens with two attached hydrogens (primary N) is 1. The van der Waals surface area contributed by atoms with Crippen molar-refractivity contribution in [2.24, 2.45) is 5.73 Å². The molecule has 0 unspecified atom stereocenters. The first-order valence-corrected chi connectivity index (χ1v) is 6.43. The SMILES string of the molecule is CC(=O)c1c(C)oc(NC(=O)c2ccc(F)c(F)c2)c1C(N)=O. The molecule has 8 heteroatoms. The molecule has 6 nitrogen and oxygen atoms in total. The minimum absolute atomic E-state index is 0.0434. The molecule has 2 amide bonds. The van der Waals surface area contributed by atoms with Crippen molar-refractivity contribution >= 4 is 23.5 Å². The van der Waals surface area contributed by atoms with Crippen molar-refractivity contribution in [2.75, 3.05) is 5.32 Å². The molecule has 0 aliphatic rings. The van der Waals surface area contributed by atoms with E-state index in [-0.39, 0.29) is 28.3 Å². The van der Waals surface area contributed by atoms with Crippen LogP contribution in [0.3, 0.4) is 0 Å². The van der Waals surface area contributed by atoms with E-state index >= 15 is 0 Å². The molecule has 0 atom stereocenters. The predicted molar refractivity (Wildman–Crippen MR) is 76.3 cm³/mol. The maximum absolute atomic E-state index is 13.2. The van der Waals surface area contributed by atoms with Gasteiger partial charge in [0.2, 0.25) is 5.88 Å². The molecule has 0 saturated heterocycles. The van der Waals surface area contributed by atoms with E-state index in [1.165, 1.54) is 13.8 Å². The Hall–Kier alpha value is -3.03. The van der Waals surface area contributed by atoms with Crippen LogP contribution in [0.4, 0.5) is 14.7 Å². The Morgan fingerprint density at radius 2 is 1.78 bits per heavy atom. The normalized spacial score (nSPS) is 10.4. The van der Waals surface area contributed by atoms with Gasteiger partial charge in [-0.3, -0.25) is 19.7 Å². The smallest absolute Gasteiger partial charge is 0.258 e. The van der Waals surface area contributed by atoms with Crippen LogP contribution in [0.2, 0.25) is 0 Å². The number of carbonyl (C=O) groups is 3. The number of hydrogen-bond donors (Lipinski definition) is 2. The monoisotopic (exact) mass is 322 g/mol. The molecule has 0 spiro atoms. The number of anilines is 1. The number of Topliss-reactive ketones (excluding diaryl/α,β-unsaturated/α-hetero) is 1. The summed E-state index contributed by atoms with van der Waals surface area (Å²) in [6.07, 6.45) is 0. The standard InChI is InChI=1S/C15H12F2N2O4/c1-6(20)11-7(2)23-15(12(11)13(18)21)19-14(22)8-3-4-9(16)10(17)5-8/h3-5H,1-2H3,(H2,18,21)(H,19,22). The Labute approximate surface area is 129 Å². The summed E-state index contributed by atoms with van der Waals surface area (Å²) in [5.41, 5.74) is 4.70. The Bertz CT molecular complexity index is 827. The fourth-order valence-electron chi connectivity index (χ4n) is 2.10. The van der Waals surface area contributed by atoms with Crippen molar-refractivity contribution in [1.82, 2.24) is 0 Å². The largest absolute Gasteiger partial charge is 0.444 e. The van der Waals surface area contributed by atoms with Gasteiger partial charge in [0.1, 0.15) is 11.3 Å². The summed E-state index contributed by atoms with van der Waals surface area (Å²) in [6, 6.07) is 2.53. The lowest BCUT2D eigenvalue weighted by Gasteiger charge is -2.04. The third-order valence-corrected chi connectivity index (χ3v) is 3.09. The predicted octanol–water partition coefficient (Wildman–Crippen LogP) is 2.42. The van der Waals surface area contributed by atoms with Gasteiger partial charge in [0.15, 0.2) is 17.4 Å². The van der Waals surface area contributed by atoms with E-state index in [2.05, 4.69) is 5.32 Å². The lowest BCUT2D eigenvalue weighted by atomic mass is 10.1. The summed E-state index contributed by atoms with van der Waals surface area (Å²) in [5, 5.41) is 2.22. The van der Waals surface area contributed by atoms with Crippen LogP contribution in [0.15, 0.2) is 22.6 Å². The molecule has 120 valence electrons. The molecule has 2 rings (SSSR count). The molecule has 0 aliphatic carbocycles. The Balaban J connectivity index is 2.41. The van der Waals surface area contributed by atoms with Gasteiger partial charge in [0.25, 0.3) is 11.8 Å². The van der Waals surface area contributed by atoms with Gasteiger partial charge in [0.05, 0.1) is 5.56 Å². The van der Waals surface area contributed by atoms with Crippen molar-refractivity contribution in [1.29, 1.82) is 0 Å². The summed E-state index contributed by atoms with van der Waals surface area (Å²) < 4.78 is 31.2. The average molecular weight is 322 g/mol. The number of halogens is 2. The maximum atomic E-state index is 13.2. The molecular formula is C15H12F2N2O4. The second kappa shape index (κ2) is 5.99. The van der Waals surface area contributed by atoms with Crippen LogP contribution in [-0.2, 0) is 0 Å². The number of rotatable bonds is 4. The average Bonchev–Trinajstić information content (AvgIpc) is 2.78. The van der Waals surface area contributed by atoms with E-state index in [0.717, 1.165) is 12.1 Å². The number of hydrogen-bond acceptors (Lipinski definition) is 4. The van der Waals surface area contributed by atoms with Crippen LogP contribution < -0.4 is 11.1 Å². The molecule has 0 bridgehead atoms. The van der Waals surface area contributed by atoms with Gasteiger partial charge in [-0.1, -0.05) is 0 Å². The number of amides is 2. The van der Waals surface area contributed by atoms with E-state index in [9.17, 15) is 23.2 Å². The number of carbonyl (C=O) groups excluding carboxylic acids is 3. The zero-order valence-electron chi connectivity index (χ0n) is 12.2. The van der Waals surface area contributed by atoms with E-state index < -0.39 is 29.2 Å². The van der Waals surface area contributed by atoms with Gasteiger partial charge in [0, 0.05) is 5.56 Å². The van der Waals surface area contributed by atoms with Crippen LogP contribution in [0.1, 0.15) is 43.8 Å². The van der Waals surface area contributed by atoms with Crippen molar-refractivity contribution in [3.63, 3.8) is 0 Å². The fraction of sp³-hybridized carbons (Fsp3) is 0.133. The molecule has 3 N–H and O–H groups in total. The first-order chi connectivity index (χ1) is 10.7. The number of nitrogens with one attached hydrogen (secondary N) is 1. The zero-order valence-corrected chi connectivity index (χ0v) is 12.2.